The van der Waals surface area contributed by atoms with Gasteiger partial charge >= 0.3 is 11.9 Å². The Hall–Kier alpha value is -4.75. The van der Waals surface area contributed by atoms with Gasteiger partial charge in [-0.25, -0.2) is 4.79 Å². The first-order chi connectivity index (χ1) is 19.6. The van der Waals surface area contributed by atoms with Crippen LogP contribution in [0.1, 0.15) is 24.0 Å². The number of carbonyl (C=O) groups is 5. The summed E-state index contributed by atoms with van der Waals surface area (Å²) in [5.41, 5.74) is 8.44. The smallest absolute Gasteiger partial charge is 0.326 e. The molecule has 3 amide bonds. The number of nitrogens with two attached hydrogens (primary N) is 1. The molecule has 41 heavy (non-hydrogen) atoms. The van der Waals surface area contributed by atoms with E-state index < -0.39 is 73.3 Å². The average molecular weight is 568 g/mol. The molecule has 0 saturated carbocycles. The summed E-state index contributed by atoms with van der Waals surface area (Å²) in [4.78, 5) is 64.5. The minimum Gasteiger partial charge on any atom is -0.481 e. The number of rotatable bonds is 15. The molecule has 13 nitrogen and oxygen atoms in total. The van der Waals surface area contributed by atoms with Gasteiger partial charge in [0.2, 0.25) is 17.7 Å². The van der Waals surface area contributed by atoms with E-state index in [4.69, 9.17) is 10.8 Å². The lowest BCUT2D eigenvalue weighted by Gasteiger charge is -2.24. The van der Waals surface area contributed by atoms with Crippen molar-refractivity contribution in [3.05, 3.63) is 71.9 Å². The minimum atomic E-state index is -1.57. The lowest BCUT2D eigenvalue weighted by molar-refractivity contribution is -0.143. The zero-order valence-corrected chi connectivity index (χ0v) is 22.1. The van der Waals surface area contributed by atoms with E-state index >= 15 is 0 Å². The molecule has 0 unspecified atom stereocenters. The normalized spacial score (nSPS) is 13.9. The van der Waals surface area contributed by atoms with E-state index in [0.717, 1.165) is 16.5 Å². The molecule has 3 rings (SSSR count). The fourth-order valence-corrected chi connectivity index (χ4v) is 4.23. The Bertz CT molecular complexity index is 1380. The molecule has 0 fully saturated rings. The second-order valence-electron chi connectivity index (χ2n) is 9.50. The molecule has 4 atom stereocenters. The van der Waals surface area contributed by atoms with E-state index in [9.17, 15) is 34.2 Å². The number of amides is 3. The molecule has 13 heteroatoms. The molecule has 0 saturated heterocycles. The molecule has 1 aromatic heterocycles. The topological polar surface area (TPSA) is 224 Å². The first-order valence-electron chi connectivity index (χ1n) is 12.9. The Balaban J connectivity index is 1.77. The van der Waals surface area contributed by atoms with Crippen LogP contribution in [-0.4, -0.2) is 80.7 Å². The van der Waals surface area contributed by atoms with Crippen molar-refractivity contribution in [3.63, 3.8) is 0 Å². The standard InChI is InChI=1S/C28H33N5O8/c29-19(12-16-6-2-1-3-7-16)25(37)32-22(13-17-14-30-20-9-5-4-8-18(17)20)26(38)33-23(15-34)27(39)31-21(28(40)41)10-11-24(35)36/h1-9,14,19,21-23,30,34H,10-13,15,29H2,(H,31,39)(H,32,37)(H,33,38)(H,35,36)(H,40,41)/t19-,21-,22-,23-/m0/s1. The number of carboxylic acids is 2. The van der Waals surface area contributed by atoms with Crippen molar-refractivity contribution < 1.29 is 39.3 Å². The molecule has 1 heterocycles. The summed E-state index contributed by atoms with van der Waals surface area (Å²) in [5, 5.41) is 35.9. The van der Waals surface area contributed by atoms with Crippen LogP contribution in [0, 0.1) is 0 Å². The number of H-pyrrole nitrogens is 1. The van der Waals surface area contributed by atoms with Crippen LogP contribution in [-0.2, 0) is 36.8 Å². The molecule has 2 aromatic carbocycles. The van der Waals surface area contributed by atoms with E-state index in [1.807, 2.05) is 54.6 Å². The van der Waals surface area contributed by atoms with Gasteiger partial charge in [0, 0.05) is 29.9 Å². The predicted molar refractivity (Wildman–Crippen MR) is 148 cm³/mol. The van der Waals surface area contributed by atoms with Crippen LogP contribution in [0.5, 0.6) is 0 Å². The van der Waals surface area contributed by atoms with Gasteiger partial charge in [-0.2, -0.15) is 0 Å². The van der Waals surface area contributed by atoms with Gasteiger partial charge in [-0.05, 0) is 30.0 Å². The number of hydrogen-bond donors (Lipinski definition) is 8. The zero-order valence-electron chi connectivity index (χ0n) is 22.1. The maximum atomic E-state index is 13.4. The Labute approximate surface area is 235 Å². The van der Waals surface area contributed by atoms with Crippen LogP contribution in [0.25, 0.3) is 10.9 Å². The van der Waals surface area contributed by atoms with Gasteiger partial charge in [-0.15, -0.1) is 0 Å². The van der Waals surface area contributed by atoms with Gasteiger partial charge in [0.05, 0.1) is 12.6 Å². The van der Waals surface area contributed by atoms with Crippen molar-refractivity contribution in [1.29, 1.82) is 0 Å². The summed E-state index contributed by atoms with van der Waals surface area (Å²) in [7, 11) is 0. The van der Waals surface area contributed by atoms with Gasteiger partial charge in [-0.1, -0.05) is 48.5 Å². The summed E-state index contributed by atoms with van der Waals surface area (Å²) in [6, 6.07) is 11.1. The van der Waals surface area contributed by atoms with Crippen LogP contribution in [0.15, 0.2) is 60.8 Å². The molecule has 0 aliphatic heterocycles. The van der Waals surface area contributed by atoms with Gasteiger partial charge in [0.15, 0.2) is 0 Å². The highest BCUT2D eigenvalue weighted by molar-refractivity contribution is 5.95. The molecule has 218 valence electrons. The van der Waals surface area contributed by atoms with E-state index in [1.165, 1.54) is 0 Å². The van der Waals surface area contributed by atoms with Crippen LogP contribution in [0.4, 0.5) is 0 Å². The van der Waals surface area contributed by atoms with Crippen LogP contribution in [0.3, 0.4) is 0 Å². The number of fused-ring (bicyclic) bond motifs is 1. The van der Waals surface area contributed by atoms with Gasteiger partial charge in [-0.3, -0.25) is 19.2 Å². The molecule has 0 aliphatic carbocycles. The van der Waals surface area contributed by atoms with Crippen molar-refractivity contribution in [2.75, 3.05) is 6.61 Å². The quantitative estimate of drug-likeness (QED) is 0.120. The monoisotopic (exact) mass is 567 g/mol. The third kappa shape index (κ3) is 8.88. The number of aliphatic hydroxyl groups is 1. The summed E-state index contributed by atoms with van der Waals surface area (Å²) in [6.07, 6.45) is 0.992. The maximum absolute atomic E-state index is 13.4. The van der Waals surface area contributed by atoms with Crippen LogP contribution < -0.4 is 21.7 Å². The van der Waals surface area contributed by atoms with Gasteiger partial charge in [0.25, 0.3) is 0 Å². The number of nitrogens with one attached hydrogen (secondary N) is 4. The number of aliphatic carboxylic acids is 2. The first kappa shape index (κ1) is 30.8. The zero-order chi connectivity index (χ0) is 29.9. The molecule has 3 aromatic rings. The molecule has 0 aliphatic rings. The SMILES string of the molecule is N[C@@H](Cc1ccccc1)C(=O)N[C@@H](Cc1c[nH]c2ccccc12)C(=O)N[C@@H](CO)C(=O)N[C@@H](CCC(=O)O)C(=O)O. The van der Waals surface area contributed by atoms with Gasteiger partial charge < -0.3 is 42.0 Å². The van der Waals surface area contributed by atoms with Crippen LogP contribution in [0.2, 0.25) is 0 Å². The van der Waals surface area contributed by atoms with Gasteiger partial charge in [0.1, 0.15) is 18.1 Å². The summed E-state index contributed by atoms with van der Waals surface area (Å²) < 4.78 is 0. The van der Waals surface area contributed by atoms with E-state index in [1.54, 1.807) is 6.20 Å². The predicted octanol–water partition coefficient (Wildman–Crippen LogP) is -0.323. The number of hydrogen-bond acceptors (Lipinski definition) is 7. The van der Waals surface area contributed by atoms with E-state index in [-0.39, 0.29) is 12.8 Å². The first-order valence-corrected chi connectivity index (χ1v) is 12.9. The third-order valence-corrected chi connectivity index (χ3v) is 6.44. The van der Waals surface area contributed by atoms with Crippen molar-refractivity contribution in [3.8, 4) is 0 Å². The number of benzene rings is 2. The van der Waals surface area contributed by atoms with Crippen LogP contribution >= 0.6 is 0 Å². The highest BCUT2D eigenvalue weighted by Crippen LogP contribution is 2.19. The summed E-state index contributed by atoms with van der Waals surface area (Å²) in [5.74, 6) is -5.18. The summed E-state index contributed by atoms with van der Waals surface area (Å²) in [6.45, 7) is -0.885. The fraction of sp³-hybridized carbons (Fsp3) is 0.321. The minimum absolute atomic E-state index is 0.00970. The number of aromatic nitrogens is 1. The highest BCUT2D eigenvalue weighted by Gasteiger charge is 2.31. The number of aromatic amines is 1. The van der Waals surface area contributed by atoms with Crippen molar-refractivity contribution in [2.24, 2.45) is 5.73 Å². The van der Waals surface area contributed by atoms with E-state index in [2.05, 4.69) is 20.9 Å². The Kier molecular flexibility index (Phi) is 11.0. The van der Waals surface area contributed by atoms with E-state index in [0.29, 0.717) is 5.56 Å². The number of carbonyl (C=O) groups excluding carboxylic acids is 3. The molecule has 0 radical (unpaired) electrons. The average Bonchev–Trinajstić information content (AvgIpc) is 3.36. The van der Waals surface area contributed by atoms with Crippen molar-refractivity contribution >= 4 is 40.6 Å². The number of aliphatic hydroxyl groups excluding tert-OH is 1. The number of para-hydroxylation sites is 1. The molecular formula is C28H33N5O8. The Morgan fingerprint density at radius 3 is 2.05 bits per heavy atom. The summed E-state index contributed by atoms with van der Waals surface area (Å²) >= 11 is 0. The Morgan fingerprint density at radius 1 is 0.780 bits per heavy atom. The highest BCUT2D eigenvalue weighted by atomic mass is 16.4. The Morgan fingerprint density at radius 2 is 1.39 bits per heavy atom. The third-order valence-electron chi connectivity index (χ3n) is 6.44. The second kappa shape index (κ2) is 14.6. The van der Waals surface area contributed by atoms with Crippen molar-refractivity contribution in [1.82, 2.24) is 20.9 Å². The largest absolute Gasteiger partial charge is 0.481 e. The lowest BCUT2D eigenvalue weighted by atomic mass is 10.0. The number of carboxylic acid groups (broad SMARTS) is 2. The molecular weight excluding hydrogens is 534 g/mol. The fourth-order valence-electron chi connectivity index (χ4n) is 4.23. The molecule has 9 N–H and O–H groups in total. The molecule has 0 bridgehead atoms. The molecule has 0 spiro atoms. The lowest BCUT2D eigenvalue weighted by Crippen LogP contribution is -2.58. The second-order valence-corrected chi connectivity index (χ2v) is 9.50. The van der Waals surface area contributed by atoms with Crippen molar-refractivity contribution in [2.45, 2.75) is 49.9 Å². The maximum Gasteiger partial charge on any atom is 0.326 e.